The smallest absolute Gasteiger partial charge is 0.266 e. The van der Waals surface area contributed by atoms with Crippen LogP contribution in [0.4, 0.5) is 0 Å². The minimum Gasteiger partial charge on any atom is -0.448 e. The summed E-state index contributed by atoms with van der Waals surface area (Å²) in [5.41, 5.74) is 1.08. The van der Waals surface area contributed by atoms with Crippen LogP contribution in [-0.2, 0) is 13.1 Å². The quantitative estimate of drug-likeness (QED) is 0.827. The first-order chi connectivity index (χ1) is 10.3. The fourth-order valence-corrected chi connectivity index (χ4v) is 2.88. The van der Waals surface area contributed by atoms with Gasteiger partial charge in [-0.15, -0.1) is 0 Å². The molecule has 0 aromatic carbocycles. The normalized spacial score (nSPS) is 19.6. The lowest BCUT2D eigenvalue weighted by Gasteiger charge is -2.38. The van der Waals surface area contributed by atoms with Gasteiger partial charge < -0.3 is 4.42 Å². The van der Waals surface area contributed by atoms with Crippen molar-refractivity contribution in [1.82, 2.24) is 19.7 Å². The van der Waals surface area contributed by atoms with Gasteiger partial charge in [0.1, 0.15) is 6.26 Å². The molecule has 2 aromatic rings. The molecule has 1 saturated heterocycles. The number of oxazole rings is 1. The molecule has 0 amide bonds. The van der Waals surface area contributed by atoms with Crippen LogP contribution in [0.15, 0.2) is 33.8 Å². The molecule has 0 radical (unpaired) electrons. The molecule has 0 N–H and O–H groups in total. The van der Waals surface area contributed by atoms with Crippen molar-refractivity contribution in [2.75, 3.05) is 13.1 Å². The van der Waals surface area contributed by atoms with Crippen molar-refractivity contribution in [1.29, 1.82) is 0 Å². The first-order valence-corrected chi connectivity index (χ1v) is 7.47. The lowest BCUT2D eigenvalue weighted by atomic mass is 10.0. The van der Waals surface area contributed by atoms with E-state index in [0.717, 1.165) is 31.2 Å². The summed E-state index contributed by atoms with van der Waals surface area (Å²) in [6, 6.07) is 3.54. The highest BCUT2D eigenvalue weighted by atomic mass is 16.3. The first-order valence-electron chi connectivity index (χ1n) is 7.47. The van der Waals surface area contributed by atoms with Crippen molar-refractivity contribution in [2.24, 2.45) is 5.92 Å². The van der Waals surface area contributed by atoms with Crippen LogP contribution in [0.1, 0.15) is 30.3 Å². The highest BCUT2D eigenvalue weighted by Gasteiger charge is 2.29. The molecule has 0 spiro atoms. The molecule has 6 nitrogen and oxygen atoms in total. The van der Waals surface area contributed by atoms with Crippen molar-refractivity contribution in [3.05, 3.63) is 46.5 Å². The third-order valence-corrected chi connectivity index (χ3v) is 4.19. The van der Waals surface area contributed by atoms with Crippen LogP contribution in [0, 0.1) is 5.92 Å². The number of rotatable bonds is 5. The zero-order valence-electron chi connectivity index (χ0n) is 11.8. The van der Waals surface area contributed by atoms with Gasteiger partial charge in [0.15, 0.2) is 0 Å². The van der Waals surface area contributed by atoms with E-state index in [9.17, 15) is 4.79 Å². The van der Waals surface area contributed by atoms with Gasteiger partial charge in [-0.25, -0.2) is 9.67 Å². The Balaban J connectivity index is 1.35. The summed E-state index contributed by atoms with van der Waals surface area (Å²) in [6.07, 6.45) is 5.68. The van der Waals surface area contributed by atoms with Crippen LogP contribution in [0.2, 0.25) is 0 Å². The van der Waals surface area contributed by atoms with E-state index < -0.39 is 0 Å². The number of hydrogen-bond donors (Lipinski definition) is 0. The molecule has 2 fully saturated rings. The highest BCUT2D eigenvalue weighted by Crippen LogP contribution is 2.38. The summed E-state index contributed by atoms with van der Waals surface area (Å²) >= 11 is 0. The molecular weight excluding hydrogens is 268 g/mol. The molecule has 110 valence electrons. The average Bonchev–Trinajstić information content (AvgIpc) is 3.16. The Hall–Kier alpha value is -1.95. The van der Waals surface area contributed by atoms with Crippen molar-refractivity contribution in [2.45, 2.75) is 31.8 Å². The van der Waals surface area contributed by atoms with Gasteiger partial charge in [0.05, 0.1) is 25.0 Å². The van der Waals surface area contributed by atoms with E-state index in [2.05, 4.69) is 15.0 Å². The molecule has 2 aliphatic rings. The van der Waals surface area contributed by atoms with Crippen LogP contribution < -0.4 is 5.56 Å². The molecule has 1 saturated carbocycles. The molecule has 4 rings (SSSR count). The average molecular weight is 286 g/mol. The summed E-state index contributed by atoms with van der Waals surface area (Å²) in [6.45, 7) is 3.38. The van der Waals surface area contributed by atoms with Gasteiger partial charge in [0, 0.05) is 31.0 Å². The largest absolute Gasteiger partial charge is 0.448 e. The van der Waals surface area contributed by atoms with Crippen LogP contribution in [0.5, 0.6) is 0 Å². The number of nitrogens with zero attached hydrogens (tertiary/aromatic N) is 4. The van der Waals surface area contributed by atoms with Crippen LogP contribution in [-0.4, -0.2) is 32.8 Å². The van der Waals surface area contributed by atoms with Crippen molar-refractivity contribution in [3.63, 3.8) is 0 Å². The zero-order chi connectivity index (χ0) is 14.2. The van der Waals surface area contributed by atoms with Gasteiger partial charge >= 0.3 is 0 Å². The molecule has 1 aliphatic carbocycles. The maximum atomic E-state index is 11.9. The van der Waals surface area contributed by atoms with Gasteiger partial charge in [-0.3, -0.25) is 9.69 Å². The summed E-state index contributed by atoms with van der Waals surface area (Å²) in [5, 5.41) is 4.51. The Morgan fingerprint density at radius 1 is 1.29 bits per heavy atom. The van der Waals surface area contributed by atoms with Crippen molar-refractivity contribution in [3.8, 4) is 0 Å². The maximum Gasteiger partial charge on any atom is 0.266 e. The van der Waals surface area contributed by atoms with E-state index in [-0.39, 0.29) is 5.56 Å². The molecule has 21 heavy (non-hydrogen) atoms. The first kappa shape index (κ1) is 12.8. The second kappa shape index (κ2) is 5.11. The Morgan fingerprint density at radius 2 is 2.14 bits per heavy atom. The summed E-state index contributed by atoms with van der Waals surface area (Å²) < 4.78 is 6.88. The standard InChI is InChI=1S/C15H18N4O2/c20-15-4-3-13(12-1-2-12)17-19(15)9-11-7-18(8-11)10-14-16-5-6-21-14/h3-6,11-12H,1-2,7-10H2. The highest BCUT2D eigenvalue weighted by molar-refractivity contribution is 5.12. The summed E-state index contributed by atoms with van der Waals surface area (Å²) in [4.78, 5) is 18.3. The summed E-state index contributed by atoms with van der Waals surface area (Å²) in [7, 11) is 0. The Bertz CT molecular complexity index is 669. The number of likely N-dealkylation sites (tertiary alicyclic amines) is 1. The van der Waals surface area contributed by atoms with Crippen LogP contribution in [0.3, 0.4) is 0 Å². The Kier molecular flexibility index (Phi) is 3.11. The molecule has 0 bridgehead atoms. The van der Waals surface area contributed by atoms with Gasteiger partial charge in [0.25, 0.3) is 5.56 Å². The second-order valence-corrected chi connectivity index (χ2v) is 6.04. The fraction of sp³-hybridized carbons (Fsp3) is 0.533. The monoisotopic (exact) mass is 286 g/mol. The van der Waals surface area contributed by atoms with Crippen LogP contribution >= 0.6 is 0 Å². The van der Waals surface area contributed by atoms with E-state index in [1.807, 2.05) is 6.07 Å². The van der Waals surface area contributed by atoms with E-state index >= 15 is 0 Å². The Morgan fingerprint density at radius 3 is 2.86 bits per heavy atom. The molecule has 2 aromatic heterocycles. The minimum absolute atomic E-state index is 0.00514. The van der Waals surface area contributed by atoms with Crippen LogP contribution in [0.25, 0.3) is 0 Å². The number of aromatic nitrogens is 3. The Labute approximate surface area is 122 Å². The van der Waals surface area contributed by atoms with E-state index in [1.54, 1.807) is 23.2 Å². The molecule has 3 heterocycles. The molecular formula is C15H18N4O2. The van der Waals surface area contributed by atoms with Gasteiger partial charge in [0.2, 0.25) is 5.89 Å². The molecule has 1 aliphatic heterocycles. The predicted octanol–water partition coefficient (Wildman–Crippen LogP) is 1.24. The van der Waals surface area contributed by atoms with E-state index in [1.165, 1.54) is 12.8 Å². The van der Waals surface area contributed by atoms with Gasteiger partial charge in [-0.05, 0) is 18.9 Å². The second-order valence-electron chi connectivity index (χ2n) is 6.04. The minimum atomic E-state index is 0.00514. The van der Waals surface area contributed by atoms with E-state index in [0.29, 0.717) is 18.4 Å². The SMILES string of the molecule is O=c1ccc(C2CC2)nn1CC1CN(Cc2ncco2)C1. The number of hydrogen-bond acceptors (Lipinski definition) is 5. The third-order valence-electron chi connectivity index (χ3n) is 4.19. The lowest BCUT2D eigenvalue weighted by molar-refractivity contribution is 0.0679. The van der Waals surface area contributed by atoms with Crippen molar-refractivity contribution >= 4 is 0 Å². The lowest BCUT2D eigenvalue weighted by Crippen LogP contribution is -2.49. The molecule has 6 heteroatoms. The van der Waals surface area contributed by atoms with E-state index in [4.69, 9.17) is 4.42 Å². The molecule has 0 atom stereocenters. The molecule has 0 unspecified atom stereocenters. The predicted molar refractivity (Wildman–Crippen MR) is 75.7 cm³/mol. The fourth-order valence-electron chi connectivity index (χ4n) is 2.88. The summed E-state index contributed by atoms with van der Waals surface area (Å²) in [5.74, 6) is 1.82. The topological polar surface area (TPSA) is 64.2 Å². The maximum absolute atomic E-state index is 11.9. The zero-order valence-corrected chi connectivity index (χ0v) is 11.8. The van der Waals surface area contributed by atoms with Crippen molar-refractivity contribution < 1.29 is 4.42 Å². The van der Waals surface area contributed by atoms with Gasteiger partial charge in [-0.1, -0.05) is 0 Å². The third kappa shape index (κ3) is 2.76. The van der Waals surface area contributed by atoms with Gasteiger partial charge in [-0.2, -0.15) is 5.10 Å².